The minimum absolute atomic E-state index is 0.129. The van der Waals surface area contributed by atoms with Gasteiger partial charge in [-0.1, -0.05) is 6.07 Å². The number of anilines is 1. The van der Waals surface area contributed by atoms with E-state index in [0.717, 1.165) is 37.1 Å². The third-order valence-corrected chi connectivity index (χ3v) is 3.14. The molecule has 0 bridgehead atoms. The lowest BCUT2D eigenvalue weighted by Gasteiger charge is -2.27. The highest BCUT2D eigenvalue weighted by molar-refractivity contribution is 5.96. The summed E-state index contributed by atoms with van der Waals surface area (Å²) in [5.41, 5.74) is 8.14. The van der Waals surface area contributed by atoms with Gasteiger partial charge in [-0.05, 0) is 43.9 Å². The molecule has 1 aliphatic rings. The van der Waals surface area contributed by atoms with Crippen molar-refractivity contribution in [3.8, 4) is 0 Å². The molecule has 1 aliphatic heterocycles. The summed E-state index contributed by atoms with van der Waals surface area (Å²) in [5, 5.41) is 0. The molecular weight excluding hydrogens is 200 g/mol. The van der Waals surface area contributed by atoms with Crippen molar-refractivity contribution in [1.82, 2.24) is 4.90 Å². The van der Waals surface area contributed by atoms with E-state index in [1.54, 1.807) is 6.07 Å². The van der Waals surface area contributed by atoms with E-state index in [0.29, 0.717) is 5.69 Å². The molecule has 1 aromatic carbocycles. The van der Waals surface area contributed by atoms with Gasteiger partial charge in [0.15, 0.2) is 0 Å². The number of piperidine rings is 1. The Labute approximate surface area is 96.2 Å². The molecule has 0 unspecified atom stereocenters. The van der Waals surface area contributed by atoms with Gasteiger partial charge < -0.3 is 10.6 Å². The summed E-state index contributed by atoms with van der Waals surface area (Å²) in [5.74, 6) is 0.129. The minimum Gasteiger partial charge on any atom is -0.399 e. The van der Waals surface area contributed by atoms with Gasteiger partial charge in [-0.3, -0.25) is 4.79 Å². The van der Waals surface area contributed by atoms with E-state index >= 15 is 0 Å². The molecule has 2 rings (SSSR count). The molecule has 3 heteroatoms. The smallest absolute Gasteiger partial charge is 0.254 e. The molecule has 86 valence electrons. The second kappa shape index (κ2) is 4.56. The van der Waals surface area contributed by atoms with Crippen molar-refractivity contribution in [1.29, 1.82) is 0 Å². The summed E-state index contributed by atoms with van der Waals surface area (Å²) in [7, 11) is 0. The first kappa shape index (κ1) is 11.0. The maximum absolute atomic E-state index is 12.2. The van der Waals surface area contributed by atoms with Crippen LogP contribution in [0.4, 0.5) is 5.69 Å². The molecule has 0 atom stereocenters. The summed E-state index contributed by atoms with van der Waals surface area (Å²) < 4.78 is 0. The zero-order valence-electron chi connectivity index (χ0n) is 9.70. The largest absolute Gasteiger partial charge is 0.399 e. The summed E-state index contributed by atoms with van der Waals surface area (Å²) >= 11 is 0. The van der Waals surface area contributed by atoms with Gasteiger partial charge in [0.1, 0.15) is 0 Å². The number of carbonyl (C=O) groups is 1. The van der Waals surface area contributed by atoms with Crippen molar-refractivity contribution in [2.24, 2.45) is 0 Å². The Morgan fingerprint density at radius 2 is 1.94 bits per heavy atom. The molecule has 16 heavy (non-hydrogen) atoms. The van der Waals surface area contributed by atoms with Crippen molar-refractivity contribution in [2.45, 2.75) is 26.2 Å². The second-order valence-electron chi connectivity index (χ2n) is 4.43. The van der Waals surface area contributed by atoms with Crippen LogP contribution in [0.2, 0.25) is 0 Å². The topological polar surface area (TPSA) is 46.3 Å². The van der Waals surface area contributed by atoms with Crippen molar-refractivity contribution in [3.05, 3.63) is 29.3 Å². The van der Waals surface area contributed by atoms with Crippen LogP contribution in [-0.4, -0.2) is 23.9 Å². The number of hydrogen-bond acceptors (Lipinski definition) is 2. The SMILES string of the molecule is Cc1ccc(N)cc1C(=O)N1CCCCC1. The number of benzene rings is 1. The predicted molar refractivity (Wildman–Crippen MR) is 65.3 cm³/mol. The Morgan fingerprint density at radius 3 is 2.62 bits per heavy atom. The standard InChI is InChI=1S/C13H18N2O/c1-10-5-6-11(14)9-12(10)13(16)15-7-3-2-4-8-15/h5-6,9H,2-4,7-8,14H2,1H3. The van der Waals surface area contributed by atoms with Gasteiger partial charge in [-0.2, -0.15) is 0 Å². The molecule has 1 fully saturated rings. The molecular formula is C13H18N2O. The van der Waals surface area contributed by atoms with Gasteiger partial charge in [-0.15, -0.1) is 0 Å². The molecule has 1 amide bonds. The summed E-state index contributed by atoms with van der Waals surface area (Å²) in [6.45, 7) is 3.72. The normalized spacial score (nSPS) is 16.2. The molecule has 0 aromatic heterocycles. The van der Waals surface area contributed by atoms with Gasteiger partial charge in [-0.25, -0.2) is 0 Å². The van der Waals surface area contributed by atoms with Crippen LogP contribution in [0, 0.1) is 6.92 Å². The fourth-order valence-electron chi connectivity index (χ4n) is 2.14. The van der Waals surface area contributed by atoms with Crippen molar-refractivity contribution in [2.75, 3.05) is 18.8 Å². The summed E-state index contributed by atoms with van der Waals surface area (Å²) in [6, 6.07) is 5.53. The van der Waals surface area contributed by atoms with Gasteiger partial charge >= 0.3 is 0 Å². The zero-order chi connectivity index (χ0) is 11.5. The van der Waals surface area contributed by atoms with E-state index < -0.39 is 0 Å². The highest BCUT2D eigenvalue weighted by Gasteiger charge is 2.19. The van der Waals surface area contributed by atoms with Crippen molar-refractivity contribution < 1.29 is 4.79 Å². The predicted octanol–water partition coefficient (Wildman–Crippen LogP) is 2.20. The fourth-order valence-corrected chi connectivity index (χ4v) is 2.14. The molecule has 0 radical (unpaired) electrons. The first-order valence-electron chi connectivity index (χ1n) is 5.84. The fraction of sp³-hybridized carbons (Fsp3) is 0.462. The van der Waals surface area contributed by atoms with E-state index in [1.807, 2.05) is 24.0 Å². The summed E-state index contributed by atoms with van der Waals surface area (Å²) in [6.07, 6.45) is 3.47. The van der Waals surface area contributed by atoms with Crippen LogP contribution in [0.15, 0.2) is 18.2 Å². The van der Waals surface area contributed by atoms with Crippen LogP contribution in [0.25, 0.3) is 0 Å². The number of hydrogen-bond donors (Lipinski definition) is 1. The van der Waals surface area contributed by atoms with Crippen LogP contribution in [0.1, 0.15) is 35.2 Å². The lowest BCUT2D eigenvalue weighted by Crippen LogP contribution is -2.36. The number of nitrogens with two attached hydrogens (primary N) is 1. The molecule has 1 saturated heterocycles. The summed E-state index contributed by atoms with van der Waals surface area (Å²) in [4.78, 5) is 14.2. The Bertz CT molecular complexity index is 395. The van der Waals surface area contributed by atoms with Crippen LogP contribution < -0.4 is 5.73 Å². The van der Waals surface area contributed by atoms with Crippen LogP contribution in [0.3, 0.4) is 0 Å². The number of nitrogen functional groups attached to an aromatic ring is 1. The number of amides is 1. The lowest BCUT2D eigenvalue weighted by molar-refractivity contribution is 0.0723. The van der Waals surface area contributed by atoms with Gasteiger partial charge in [0.05, 0.1) is 0 Å². The van der Waals surface area contributed by atoms with Crippen LogP contribution in [-0.2, 0) is 0 Å². The molecule has 1 aromatic rings. The number of rotatable bonds is 1. The van der Waals surface area contributed by atoms with Crippen molar-refractivity contribution in [3.63, 3.8) is 0 Å². The Hall–Kier alpha value is -1.51. The van der Waals surface area contributed by atoms with Crippen LogP contribution >= 0.6 is 0 Å². The van der Waals surface area contributed by atoms with E-state index in [4.69, 9.17) is 5.73 Å². The maximum atomic E-state index is 12.2. The quantitative estimate of drug-likeness (QED) is 0.734. The highest BCUT2D eigenvalue weighted by Crippen LogP contribution is 2.18. The molecule has 1 heterocycles. The second-order valence-corrected chi connectivity index (χ2v) is 4.43. The molecule has 0 saturated carbocycles. The Morgan fingerprint density at radius 1 is 1.25 bits per heavy atom. The van der Waals surface area contributed by atoms with E-state index in [1.165, 1.54) is 6.42 Å². The third-order valence-electron chi connectivity index (χ3n) is 3.14. The monoisotopic (exact) mass is 218 g/mol. The lowest BCUT2D eigenvalue weighted by atomic mass is 10.0. The number of nitrogens with zero attached hydrogens (tertiary/aromatic N) is 1. The average Bonchev–Trinajstić information content (AvgIpc) is 2.32. The van der Waals surface area contributed by atoms with Gasteiger partial charge in [0.25, 0.3) is 5.91 Å². The Balaban J connectivity index is 2.22. The van der Waals surface area contributed by atoms with E-state index in [9.17, 15) is 4.79 Å². The Kier molecular flexibility index (Phi) is 3.13. The van der Waals surface area contributed by atoms with Crippen molar-refractivity contribution >= 4 is 11.6 Å². The number of carbonyl (C=O) groups excluding carboxylic acids is 1. The zero-order valence-corrected chi connectivity index (χ0v) is 9.70. The van der Waals surface area contributed by atoms with E-state index in [-0.39, 0.29) is 5.91 Å². The first-order chi connectivity index (χ1) is 7.68. The van der Waals surface area contributed by atoms with E-state index in [2.05, 4.69) is 0 Å². The molecule has 3 nitrogen and oxygen atoms in total. The third kappa shape index (κ3) is 2.18. The maximum Gasteiger partial charge on any atom is 0.254 e. The average molecular weight is 218 g/mol. The number of aryl methyl sites for hydroxylation is 1. The molecule has 0 spiro atoms. The molecule has 0 aliphatic carbocycles. The van der Waals surface area contributed by atoms with Crippen LogP contribution in [0.5, 0.6) is 0 Å². The highest BCUT2D eigenvalue weighted by atomic mass is 16.2. The minimum atomic E-state index is 0.129. The first-order valence-corrected chi connectivity index (χ1v) is 5.84. The van der Waals surface area contributed by atoms with Gasteiger partial charge in [0.2, 0.25) is 0 Å². The number of likely N-dealkylation sites (tertiary alicyclic amines) is 1. The van der Waals surface area contributed by atoms with Gasteiger partial charge in [0, 0.05) is 24.3 Å². The molecule has 2 N–H and O–H groups in total.